The van der Waals surface area contributed by atoms with E-state index in [1.165, 1.54) is 61.6 Å². The van der Waals surface area contributed by atoms with Gasteiger partial charge in [-0.05, 0) is 78.5 Å². The van der Waals surface area contributed by atoms with E-state index in [1.807, 2.05) is 24.3 Å². The van der Waals surface area contributed by atoms with Gasteiger partial charge in [0.25, 0.3) is 0 Å². The maximum Gasteiger partial charge on any atom is 0.115 e. The van der Waals surface area contributed by atoms with Crippen molar-refractivity contribution < 1.29 is 10.2 Å². The van der Waals surface area contributed by atoms with E-state index in [1.54, 1.807) is 12.1 Å². The van der Waals surface area contributed by atoms with Crippen molar-refractivity contribution in [1.29, 1.82) is 0 Å². The average molecular weight is 379 g/mol. The van der Waals surface area contributed by atoms with Gasteiger partial charge in [-0.2, -0.15) is 0 Å². The van der Waals surface area contributed by atoms with Crippen molar-refractivity contribution in [1.82, 2.24) is 0 Å². The summed E-state index contributed by atoms with van der Waals surface area (Å²) in [7, 11) is 0. The fraction of sp³-hybridized carbons (Fsp3) is 0.462. The molecule has 28 heavy (non-hydrogen) atoms. The molecule has 0 radical (unpaired) electrons. The predicted octanol–water partition coefficient (Wildman–Crippen LogP) is 7.43. The third kappa shape index (κ3) is 5.64. The topological polar surface area (TPSA) is 40.5 Å². The van der Waals surface area contributed by atoms with Gasteiger partial charge in [0.2, 0.25) is 0 Å². The third-order valence-corrected chi connectivity index (χ3v) is 6.20. The van der Waals surface area contributed by atoms with E-state index >= 15 is 0 Å². The molecule has 0 saturated carbocycles. The van der Waals surface area contributed by atoms with Gasteiger partial charge < -0.3 is 10.2 Å². The smallest absolute Gasteiger partial charge is 0.115 e. The number of rotatable bonds is 9. The Hall–Kier alpha value is -2.22. The minimum atomic E-state index is 0.327. The van der Waals surface area contributed by atoms with Crippen LogP contribution < -0.4 is 0 Å². The molecule has 0 bridgehead atoms. The number of allylic oxidation sites excluding steroid dienone is 2. The molecule has 0 aliphatic heterocycles. The molecule has 1 aliphatic rings. The molecule has 0 saturated heterocycles. The fourth-order valence-corrected chi connectivity index (χ4v) is 4.52. The van der Waals surface area contributed by atoms with Crippen LogP contribution in [0.25, 0.3) is 5.57 Å². The van der Waals surface area contributed by atoms with Crippen LogP contribution in [0.4, 0.5) is 0 Å². The Morgan fingerprint density at radius 2 is 1.50 bits per heavy atom. The van der Waals surface area contributed by atoms with Crippen LogP contribution >= 0.6 is 0 Å². The molecule has 2 atom stereocenters. The molecule has 2 aromatic carbocycles. The number of phenolic OH excluding ortho intramolecular Hbond substituents is 2. The van der Waals surface area contributed by atoms with Crippen LogP contribution in [0.15, 0.2) is 54.6 Å². The normalized spacial score (nSPS) is 17.9. The summed E-state index contributed by atoms with van der Waals surface area (Å²) in [5, 5.41) is 19.2. The molecule has 0 aromatic heterocycles. The van der Waals surface area contributed by atoms with Gasteiger partial charge in [0.1, 0.15) is 11.5 Å². The lowest BCUT2D eigenvalue weighted by Crippen LogP contribution is -2.16. The second-order valence-electron chi connectivity index (χ2n) is 8.21. The molecule has 0 spiro atoms. The van der Waals surface area contributed by atoms with Crippen molar-refractivity contribution in [2.24, 2.45) is 5.92 Å². The Morgan fingerprint density at radius 1 is 0.857 bits per heavy atom. The quantitative estimate of drug-likeness (QED) is 0.445. The lowest BCUT2D eigenvalue weighted by Gasteiger charge is -2.31. The van der Waals surface area contributed by atoms with Gasteiger partial charge in [-0.1, -0.05) is 69.4 Å². The standard InChI is InChI=1S/C26H34O2/c1-2-3-4-5-6-7-26(23-14-18-25(28)19-15-23)22-10-8-20(9-11-22)21-12-16-24(27)17-13-21/h8,12-19,22,26-28H,2-7,9-11H2,1H3. The van der Waals surface area contributed by atoms with E-state index in [0.717, 1.165) is 12.8 Å². The SMILES string of the molecule is CCCCCCCC(c1ccc(O)cc1)C1CC=C(c2ccc(O)cc2)CC1. The first-order chi connectivity index (χ1) is 13.7. The summed E-state index contributed by atoms with van der Waals surface area (Å²) in [5.41, 5.74) is 4.01. The first kappa shape index (κ1) is 20.5. The molecule has 3 rings (SSSR count). The molecule has 0 amide bonds. The van der Waals surface area contributed by atoms with Crippen molar-refractivity contribution in [3.05, 3.63) is 65.7 Å². The van der Waals surface area contributed by atoms with E-state index in [0.29, 0.717) is 23.3 Å². The van der Waals surface area contributed by atoms with Gasteiger partial charge in [-0.25, -0.2) is 0 Å². The van der Waals surface area contributed by atoms with Crippen LogP contribution in [-0.2, 0) is 0 Å². The van der Waals surface area contributed by atoms with Gasteiger partial charge in [0.05, 0.1) is 0 Å². The van der Waals surface area contributed by atoms with Crippen LogP contribution in [0.3, 0.4) is 0 Å². The number of benzene rings is 2. The number of hydrogen-bond acceptors (Lipinski definition) is 2. The van der Waals surface area contributed by atoms with Crippen LogP contribution in [-0.4, -0.2) is 10.2 Å². The molecule has 0 heterocycles. The highest BCUT2D eigenvalue weighted by atomic mass is 16.3. The Kier molecular flexibility index (Phi) is 7.59. The molecule has 2 unspecified atom stereocenters. The average Bonchev–Trinajstić information content (AvgIpc) is 2.72. The predicted molar refractivity (Wildman–Crippen MR) is 118 cm³/mol. The Labute approximate surface area is 169 Å². The zero-order valence-corrected chi connectivity index (χ0v) is 17.1. The lowest BCUT2D eigenvalue weighted by molar-refractivity contribution is 0.364. The molecular weight excluding hydrogens is 344 g/mol. The molecule has 1 aliphatic carbocycles. The Bertz CT molecular complexity index is 743. The van der Waals surface area contributed by atoms with Crippen molar-refractivity contribution in [3.8, 4) is 11.5 Å². The zero-order chi connectivity index (χ0) is 19.8. The molecule has 2 heteroatoms. The molecule has 150 valence electrons. The number of hydrogen-bond donors (Lipinski definition) is 2. The highest BCUT2D eigenvalue weighted by Crippen LogP contribution is 2.41. The molecule has 2 N–H and O–H groups in total. The third-order valence-electron chi connectivity index (χ3n) is 6.20. The number of phenols is 2. The zero-order valence-electron chi connectivity index (χ0n) is 17.1. The summed E-state index contributed by atoms with van der Waals surface area (Å²) >= 11 is 0. The lowest BCUT2D eigenvalue weighted by atomic mass is 9.74. The van der Waals surface area contributed by atoms with Crippen molar-refractivity contribution >= 4 is 5.57 Å². The summed E-state index contributed by atoms with van der Waals surface area (Å²) in [6, 6.07) is 15.5. The minimum Gasteiger partial charge on any atom is -0.508 e. The van der Waals surface area contributed by atoms with E-state index in [9.17, 15) is 10.2 Å². The number of aromatic hydroxyl groups is 2. The first-order valence-corrected chi connectivity index (χ1v) is 10.9. The van der Waals surface area contributed by atoms with E-state index in [4.69, 9.17) is 0 Å². The highest BCUT2D eigenvalue weighted by Gasteiger charge is 2.25. The second-order valence-corrected chi connectivity index (χ2v) is 8.21. The van der Waals surface area contributed by atoms with Gasteiger partial charge in [-0.3, -0.25) is 0 Å². The summed E-state index contributed by atoms with van der Waals surface area (Å²) < 4.78 is 0. The van der Waals surface area contributed by atoms with Crippen molar-refractivity contribution in [3.63, 3.8) is 0 Å². The van der Waals surface area contributed by atoms with Crippen LogP contribution in [0.1, 0.15) is 81.8 Å². The maximum atomic E-state index is 9.67. The van der Waals surface area contributed by atoms with Crippen LogP contribution in [0, 0.1) is 5.92 Å². The van der Waals surface area contributed by atoms with E-state index < -0.39 is 0 Å². The van der Waals surface area contributed by atoms with Gasteiger partial charge >= 0.3 is 0 Å². The van der Waals surface area contributed by atoms with E-state index in [-0.39, 0.29) is 0 Å². The summed E-state index contributed by atoms with van der Waals surface area (Å²) in [6.45, 7) is 2.26. The number of unbranched alkanes of at least 4 members (excludes halogenated alkanes) is 4. The van der Waals surface area contributed by atoms with Crippen LogP contribution in [0.2, 0.25) is 0 Å². The Balaban J connectivity index is 1.67. The monoisotopic (exact) mass is 378 g/mol. The van der Waals surface area contributed by atoms with Gasteiger partial charge in [-0.15, -0.1) is 0 Å². The van der Waals surface area contributed by atoms with Crippen LogP contribution in [0.5, 0.6) is 11.5 Å². The molecule has 0 fully saturated rings. The largest absolute Gasteiger partial charge is 0.508 e. The minimum absolute atomic E-state index is 0.327. The summed E-state index contributed by atoms with van der Waals surface area (Å²) in [6.07, 6.45) is 13.6. The molecule has 2 nitrogen and oxygen atoms in total. The Morgan fingerprint density at radius 3 is 2.11 bits per heavy atom. The first-order valence-electron chi connectivity index (χ1n) is 10.9. The van der Waals surface area contributed by atoms with Gasteiger partial charge in [0.15, 0.2) is 0 Å². The van der Waals surface area contributed by atoms with E-state index in [2.05, 4.69) is 25.1 Å². The molecule has 2 aromatic rings. The van der Waals surface area contributed by atoms with Crippen molar-refractivity contribution in [2.75, 3.05) is 0 Å². The second kappa shape index (κ2) is 10.4. The summed E-state index contributed by atoms with van der Waals surface area (Å²) in [4.78, 5) is 0. The fourth-order valence-electron chi connectivity index (χ4n) is 4.52. The highest BCUT2D eigenvalue weighted by molar-refractivity contribution is 5.66. The summed E-state index contributed by atoms with van der Waals surface area (Å²) in [5.74, 6) is 1.91. The molecular formula is C26H34O2. The van der Waals surface area contributed by atoms with Gasteiger partial charge in [0, 0.05) is 0 Å². The van der Waals surface area contributed by atoms with Crippen molar-refractivity contribution in [2.45, 2.75) is 70.6 Å². The maximum absolute atomic E-state index is 9.67.